The van der Waals surface area contributed by atoms with E-state index in [1.54, 1.807) is 0 Å². The minimum absolute atomic E-state index is 0.224. The van der Waals surface area contributed by atoms with E-state index < -0.39 is 0 Å². The molecule has 1 fully saturated rings. The summed E-state index contributed by atoms with van der Waals surface area (Å²) >= 11 is 1.92. The van der Waals surface area contributed by atoms with Gasteiger partial charge in [-0.1, -0.05) is 12.1 Å². The zero-order valence-corrected chi connectivity index (χ0v) is 11.0. The van der Waals surface area contributed by atoms with Gasteiger partial charge in [0.15, 0.2) is 0 Å². The van der Waals surface area contributed by atoms with Crippen molar-refractivity contribution in [2.45, 2.75) is 36.3 Å². The molecule has 1 aliphatic heterocycles. The average molecular weight is 249 g/mol. The molecule has 2 nitrogen and oxygen atoms in total. The molecule has 1 aromatic carbocycles. The Morgan fingerprint density at radius 3 is 2.94 bits per heavy atom. The highest BCUT2D eigenvalue weighted by atomic mass is 32.2. The molecular weight excluding hydrogens is 230 g/mol. The fraction of sp³-hybridized carbons (Fsp3) is 0.571. The lowest BCUT2D eigenvalue weighted by atomic mass is 9.97. The molecule has 0 amide bonds. The topological polar surface area (TPSA) is 32.3 Å². The maximum absolute atomic E-state index is 10.5. The third kappa shape index (κ3) is 2.24. The Morgan fingerprint density at radius 1 is 1.41 bits per heavy atom. The number of likely N-dealkylation sites (N-methyl/N-ethyl adjacent to an activating group) is 1. The number of aliphatic hydroxyl groups is 1. The summed E-state index contributed by atoms with van der Waals surface area (Å²) in [5.74, 6) is 1.85. The van der Waals surface area contributed by atoms with Gasteiger partial charge in [-0.3, -0.25) is 0 Å². The van der Waals surface area contributed by atoms with Crippen molar-refractivity contribution in [3.8, 4) is 0 Å². The maximum Gasteiger partial charge on any atom is 0.0945 e. The summed E-state index contributed by atoms with van der Waals surface area (Å²) in [5, 5.41) is 13.7. The molecule has 0 bridgehead atoms. The first kappa shape index (κ1) is 11.6. The quantitative estimate of drug-likeness (QED) is 0.859. The zero-order valence-electron chi connectivity index (χ0n) is 10.1. The molecule has 1 saturated carbocycles. The fourth-order valence-electron chi connectivity index (χ4n) is 2.70. The second kappa shape index (κ2) is 4.63. The zero-order chi connectivity index (χ0) is 11.8. The van der Waals surface area contributed by atoms with Gasteiger partial charge in [-0.25, -0.2) is 0 Å². The molecule has 2 atom stereocenters. The van der Waals surface area contributed by atoms with Crippen LogP contribution in [-0.2, 0) is 6.42 Å². The number of hydrogen-bond acceptors (Lipinski definition) is 3. The summed E-state index contributed by atoms with van der Waals surface area (Å²) in [6.07, 6.45) is 3.30. The largest absolute Gasteiger partial charge is 0.387 e. The first-order valence-corrected chi connectivity index (χ1v) is 7.39. The Morgan fingerprint density at radius 2 is 2.24 bits per heavy atom. The van der Waals surface area contributed by atoms with Crippen LogP contribution in [0.15, 0.2) is 23.1 Å². The van der Waals surface area contributed by atoms with Crippen molar-refractivity contribution in [1.82, 2.24) is 5.32 Å². The van der Waals surface area contributed by atoms with Crippen LogP contribution in [0.4, 0.5) is 0 Å². The van der Waals surface area contributed by atoms with Crippen LogP contribution >= 0.6 is 11.8 Å². The van der Waals surface area contributed by atoms with Gasteiger partial charge in [0.25, 0.3) is 0 Å². The summed E-state index contributed by atoms with van der Waals surface area (Å²) in [6, 6.07) is 6.69. The van der Waals surface area contributed by atoms with E-state index in [0.29, 0.717) is 5.92 Å². The standard InChI is InChI=1S/C14H19NOS/c1-15-13(9-2-3-9)14(16)11-4-5-12-10(8-11)6-7-17-12/h4-5,8-9,13-16H,2-3,6-7H2,1H3. The van der Waals surface area contributed by atoms with Gasteiger partial charge in [0, 0.05) is 16.7 Å². The number of aryl methyl sites for hydroxylation is 1. The molecule has 1 aromatic rings. The molecule has 1 heterocycles. The first-order valence-electron chi connectivity index (χ1n) is 6.40. The number of hydrogen-bond donors (Lipinski definition) is 2. The van der Waals surface area contributed by atoms with Crippen molar-refractivity contribution in [2.75, 3.05) is 12.8 Å². The van der Waals surface area contributed by atoms with Crippen LogP contribution in [0.3, 0.4) is 0 Å². The highest BCUT2D eigenvalue weighted by Gasteiger charge is 2.35. The first-order chi connectivity index (χ1) is 8.29. The molecule has 2 unspecified atom stereocenters. The molecule has 3 heteroatoms. The van der Waals surface area contributed by atoms with E-state index in [1.807, 2.05) is 18.8 Å². The molecule has 0 radical (unpaired) electrons. The minimum atomic E-state index is -0.358. The monoisotopic (exact) mass is 249 g/mol. The van der Waals surface area contributed by atoms with E-state index in [9.17, 15) is 5.11 Å². The Labute approximate surface area is 107 Å². The number of benzene rings is 1. The van der Waals surface area contributed by atoms with E-state index >= 15 is 0 Å². The molecule has 0 saturated heterocycles. The van der Waals surface area contributed by atoms with Crippen molar-refractivity contribution in [1.29, 1.82) is 0 Å². The van der Waals surface area contributed by atoms with Gasteiger partial charge >= 0.3 is 0 Å². The maximum atomic E-state index is 10.5. The SMILES string of the molecule is CNC(C1CC1)C(O)c1ccc2c(c1)CCS2. The number of nitrogens with one attached hydrogen (secondary N) is 1. The number of fused-ring (bicyclic) bond motifs is 1. The average Bonchev–Trinajstić information content (AvgIpc) is 3.07. The lowest BCUT2D eigenvalue weighted by Crippen LogP contribution is -2.34. The van der Waals surface area contributed by atoms with Crippen LogP contribution in [0.2, 0.25) is 0 Å². The lowest BCUT2D eigenvalue weighted by molar-refractivity contribution is 0.122. The molecule has 0 aromatic heterocycles. The van der Waals surface area contributed by atoms with Crippen LogP contribution < -0.4 is 5.32 Å². The van der Waals surface area contributed by atoms with Crippen LogP contribution in [0, 0.1) is 5.92 Å². The van der Waals surface area contributed by atoms with Gasteiger partial charge in [0.2, 0.25) is 0 Å². The molecule has 2 N–H and O–H groups in total. The minimum Gasteiger partial charge on any atom is -0.387 e. The predicted octanol–water partition coefficient (Wildman–Crippen LogP) is 2.37. The third-order valence-corrected chi connectivity index (χ3v) is 4.98. The second-order valence-electron chi connectivity index (χ2n) is 5.06. The summed E-state index contributed by atoms with van der Waals surface area (Å²) in [7, 11) is 1.95. The normalized spacial score (nSPS) is 22.2. The smallest absolute Gasteiger partial charge is 0.0945 e. The van der Waals surface area contributed by atoms with Crippen molar-refractivity contribution in [2.24, 2.45) is 5.92 Å². The van der Waals surface area contributed by atoms with Crippen LogP contribution in [0.25, 0.3) is 0 Å². The van der Waals surface area contributed by atoms with E-state index in [4.69, 9.17) is 0 Å². The number of thioether (sulfide) groups is 1. The summed E-state index contributed by atoms with van der Waals surface area (Å²) in [6.45, 7) is 0. The van der Waals surface area contributed by atoms with Crippen molar-refractivity contribution in [3.05, 3.63) is 29.3 Å². The van der Waals surface area contributed by atoms with Crippen LogP contribution in [0.5, 0.6) is 0 Å². The fourth-order valence-corrected chi connectivity index (χ4v) is 3.76. The van der Waals surface area contributed by atoms with E-state index in [-0.39, 0.29) is 12.1 Å². The van der Waals surface area contributed by atoms with Gasteiger partial charge in [-0.15, -0.1) is 11.8 Å². The molecule has 2 aliphatic rings. The van der Waals surface area contributed by atoms with Crippen molar-refractivity contribution >= 4 is 11.8 Å². The van der Waals surface area contributed by atoms with Crippen molar-refractivity contribution < 1.29 is 5.11 Å². The van der Waals surface area contributed by atoms with Gasteiger partial charge < -0.3 is 10.4 Å². The summed E-state index contributed by atoms with van der Waals surface area (Å²) < 4.78 is 0. The van der Waals surface area contributed by atoms with E-state index in [2.05, 4.69) is 23.5 Å². The molecule has 1 aliphatic carbocycles. The lowest BCUT2D eigenvalue weighted by Gasteiger charge is -2.23. The van der Waals surface area contributed by atoms with Crippen LogP contribution in [0.1, 0.15) is 30.1 Å². The van der Waals surface area contributed by atoms with Crippen LogP contribution in [-0.4, -0.2) is 23.9 Å². The highest BCUT2D eigenvalue weighted by Crippen LogP contribution is 2.39. The number of aliphatic hydroxyl groups excluding tert-OH is 1. The molecule has 17 heavy (non-hydrogen) atoms. The molecular formula is C14H19NOS. The van der Waals surface area contributed by atoms with Gasteiger partial charge in [0.1, 0.15) is 0 Å². The Balaban J connectivity index is 1.82. The second-order valence-corrected chi connectivity index (χ2v) is 6.20. The predicted molar refractivity (Wildman–Crippen MR) is 71.4 cm³/mol. The van der Waals surface area contributed by atoms with Gasteiger partial charge in [-0.05, 0) is 49.4 Å². The highest BCUT2D eigenvalue weighted by molar-refractivity contribution is 7.99. The van der Waals surface area contributed by atoms with E-state index in [0.717, 1.165) is 12.0 Å². The van der Waals surface area contributed by atoms with E-state index in [1.165, 1.54) is 29.1 Å². The molecule has 92 valence electrons. The van der Waals surface area contributed by atoms with Crippen molar-refractivity contribution in [3.63, 3.8) is 0 Å². The third-order valence-electron chi connectivity index (χ3n) is 3.86. The Hall–Kier alpha value is -0.510. The Kier molecular flexibility index (Phi) is 3.16. The summed E-state index contributed by atoms with van der Waals surface area (Å²) in [4.78, 5) is 1.40. The van der Waals surface area contributed by atoms with Gasteiger partial charge in [-0.2, -0.15) is 0 Å². The molecule has 0 spiro atoms. The summed E-state index contributed by atoms with van der Waals surface area (Å²) in [5.41, 5.74) is 2.50. The van der Waals surface area contributed by atoms with Gasteiger partial charge in [0.05, 0.1) is 6.10 Å². The number of rotatable bonds is 4. The molecule has 3 rings (SSSR count). The Bertz CT molecular complexity index is 417.